The van der Waals surface area contributed by atoms with E-state index in [0.29, 0.717) is 18.2 Å². The molecule has 0 aliphatic carbocycles. The van der Waals surface area contributed by atoms with Crippen molar-refractivity contribution in [2.75, 3.05) is 0 Å². The second kappa shape index (κ2) is 5.70. The van der Waals surface area contributed by atoms with Gasteiger partial charge in [-0.1, -0.05) is 32.9 Å². The highest BCUT2D eigenvalue weighted by atomic mass is 32.1. The van der Waals surface area contributed by atoms with Crippen molar-refractivity contribution in [2.45, 2.75) is 46.1 Å². The number of carbonyl (C=O) groups is 1. The minimum absolute atomic E-state index is 0.0271. The molecule has 6 nitrogen and oxygen atoms in total. The molecule has 2 rings (SSSR count). The van der Waals surface area contributed by atoms with Gasteiger partial charge >= 0.3 is 5.97 Å². The van der Waals surface area contributed by atoms with Crippen molar-refractivity contribution in [3.05, 3.63) is 27.5 Å². The minimum atomic E-state index is -1.04. The molecule has 2 heterocycles. The van der Waals surface area contributed by atoms with Gasteiger partial charge in [0.1, 0.15) is 0 Å². The molecular formula is C13H18N4O2S. The van der Waals surface area contributed by atoms with Gasteiger partial charge in [-0.15, -0.1) is 16.4 Å². The van der Waals surface area contributed by atoms with Gasteiger partial charge in [0.2, 0.25) is 0 Å². The molecule has 0 fully saturated rings. The minimum Gasteiger partial charge on any atom is -0.476 e. The molecule has 0 bridgehead atoms. The molecule has 0 atom stereocenters. The number of carboxylic acid groups (broad SMARTS) is 1. The van der Waals surface area contributed by atoms with Gasteiger partial charge in [0.05, 0.1) is 22.9 Å². The van der Waals surface area contributed by atoms with Crippen LogP contribution < -0.4 is 0 Å². The van der Waals surface area contributed by atoms with Crippen LogP contribution in [0.1, 0.15) is 66.4 Å². The van der Waals surface area contributed by atoms with E-state index in [2.05, 4.69) is 29.1 Å². The number of hydrogen-bond acceptors (Lipinski definition) is 5. The van der Waals surface area contributed by atoms with Crippen LogP contribution in [0.15, 0.2) is 5.38 Å². The summed E-state index contributed by atoms with van der Waals surface area (Å²) in [5.41, 5.74) is 1.55. The monoisotopic (exact) mass is 294 g/mol. The molecule has 20 heavy (non-hydrogen) atoms. The van der Waals surface area contributed by atoms with Crippen LogP contribution in [0.5, 0.6) is 0 Å². The van der Waals surface area contributed by atoms with Gasteiger partial charge in [0, 0.05) is 11.3 Å². The van der Waals surface area contributed by atoms with Crippen LogP contribution in [0.3, 0.4) is 0 Å². The Morgan fingerprint density at radius 2 is 2.05 bits per heavy atom. The third-order valence-electron chi connectivity index (χ3n) is 2.90. The van der Waals surface area contributed by atoms with Gasteiger partial charge in [-0.05, 0) is 5.92 Å². The Bertz CT molecular complexity index is 616. The van der Waals surface area contributed by atoms with Crippen molar-refractivity contribution >= 4 is 17.3 Å². The number of aromatic nitrogens is 4. The highest BCUT2D eigenvalue weighted by Crippen LogP contribution is 2.22. The molecule has 1 N–H and O–H groups in total. The number of carboxylic acids is 1. The zero-order valence-corrected chi connectivity index (χ0v) is 12.8. The smallest absolute Gasteiger partial charge is 0.358 e. The van der Waals surface area contributed by atoms with E-state index in [0.717, 1.165) is 10.7 Å². The topological polar surface area (TPSA) is 80.9 Å². The summed E-state index contributed by atoms with van der Waals surface area (Å²) in [6.07, 6.45) is 0. The molecule has 0 radical (unpaired) electrons. The first-order chi connectivity index (χ1) is 9.40. The summed E-state index contributed by atoms with van der Waals surface area (Å²) in [6, 6.07) is 0. The van der Waals surface area contributed by atoms with Gasteiger partial charge in [-0.3, -0.25) is 0 Å². The van der Waals surface area contributed by atoms with Crippen LogP contribution in [0.25, 0.3) is 0 Å². The summed E-state index contributed by atoms with van der Waals surface area (Å²) in [4.78, 5) is 15.7. The summed E-state index contributed by atoms with van der Waals surface area (Å²) in [5.74, 6) is -0.607. The van der Waals surface area contributed by atoms with Gasteiger partial charge in [0.25, 0.3) is 0 Å². The molecule has 108 valence electrons. The quantitative estimate of drug-likeness (QED) is 0.917. The van der Waals surface area contributed by atoms with Crippen LogP contribution in [-0.2, 0) is 6.54 Å². The lowest BCUT2D eigenvalue weighted by molar-refractivity contribution is 0.0688. The van der Waals surface area contributed by atoms with E-state index in [1.54, 1.807) is 16.0 Å². The fraction of sp³-hybridized carbons (Fsp3) is 0.538. The zero-order chi connectivity index (χ0) is 14.9. The first-order valence-corrected chi connectivity index (χ1v) is 7.39. The maximum Gasteiger partial charge on any atom is 0.358 e. The van der Waals surface area contributed by atoms with Crippen molar-refractivity contribution < 1.29 is 9.90 Å². The van der Waals surface area contributed by atoms with Crippen molar-refractivity contribution in [3.8, 4) is 0 Å². The summed E-state index contributed by atoms with van der Waals surface area (Å²) >= 11 is 1.62. The zero-order valence-electron chi connectivity index (χ0n) is 12.0. The van der Waals surface area contributed by atoms with Crippen molar-refractivity contribution in [1.29, 1.82) is 0 Å². The van der Waals surface area contributed by atoms with E-state index in [9.17, 15) is 4.79 Å². The first-order valence-electron chi connectivity index (χ1n) is 6.51. The molecule has 7 heteroatoms. The SMILES string of the molecule is CC(C)c1nc(Cn2nnc(C(=O)O)c2C(C)C)cs1. The highest BCUT2D eigenvalue weighted by Gasteiger charge is 2.22. The molecular weight excluding hydrogens is 276 g/mol. The lowest BCUT2D eigenvalue weighted by atomic mass is 10.1. The number of aromatic carboxylic acids is 1. The Kier molecular flexibility index (Phi) is 4.17. The van der Waals surface area contributed by atoms with Crippen LogP contribution in [0, 0.1) is 0 Å². The summed E-state index contributed by atoms with van der Waals surface area (Å²) in [5, 5.41) is 19.9. The van der Waals surface area contributed by atoms with E-state index in [1.165, 1.54) is 0 Å². The van der Waals surface area contributed by atoms with Gasteiger partial charge in [-0.2, -0.15) is 0 Å². The van der Waals surface area contributed by atoms with Crippen LogP contribution >= 0.6 is 11.3 Å². The predicted molar refractivity (Wildman–Crippen MR) is 76.4 cm³/mol. The molecule has 0 unspecified atom stereocenters. The maximum absolute atomic E-state index is 11.2. The van der Waals surface area contributed by atoms with Crippen LogP contribution in [0.4, 0.5) is 0 Å². The Labute approximate surface area is 121 Å². The Hall–Kier alpha value is -1.76. The summed E-state index contributed by atoms with van der Waals surface area (Å²) < 4.78 is 1.63. The van der Waals surface area contributed by atoms with Crippen LogP contribution in [0.2, 0.25) is 0 Å². The average molecular weight is 294 g/mol. The van der Waals surface area contributed by atoms with E-state index in [-0.39, 0.29) is 11.6 Å². The number of rotatable bonds is 5. The first kappa shape index (κ1) is 14.6. The largest absolute Gasteiger partial charge is 0.476 e. The fourth-order valence-corrected chi connectivity index (χ4v) is 2.80. The van der Waals surface area contributed by atoms with Crippen molar-refractivity contribution in [3.63, 3.8) is 0 Å². The highest BCUT2D eigenvalue weighted by molar-refractivity contribution is 7.09. The number of thiazole rings is 1. The molecule has 0 aliphatic rings. The Morgan fingerprint density at radius 1 is 1.35 bits per heavy atom. The van der Waals surface area contributed by atoms with Gasteiger partial charge < -0.3 is 5.11 Å². The van der Waals surface area contributed by atoms with Gasteiger partial charge in [0.15, 0.2) is 5.69 Å². The second-order valence-electron chi connectivity index (χ2n) is 5.27. The van der Waals surface area contributed by atoms with E-state index < -0.39 is 5.97 Å². The lowest BCUT2D eigenvalue weighted by Gasteiger charge is -2.08. The summed E-state index contributed by atoms with van der Waals surface area (Å²) in [7, 11) is 0. The number of hydrogen-bond donors (Lipinski definition) is 1. The molecule has 0 amide bonds. The maximum atomic E-state index is 11.2. The molecule has 2 aromatic heterocycles. The molecule has 0 aromatic carbocycles. The second-order valence-corrected chi connectivity index (χ2v) is 6.16. The lowest BCUT2D eigenvalue weighted by Crippen LogP contribution is -2.11. The van der Waals surface area contributed by atoms with Crippen molar-refractivity contribution in [2.24, 2.45) is 0 Å². The third-order valence-corrected chi connectivity index (χ3v) is 4.09. The van der Waals surface area contributed by atoms with E-state index >= 15 is 0 Å². The van der Waals surface area contributed by atoms with E-state index in [1.807, 2.05) is 19.2 Å². The average Bonchev–Trinajstić information content (AvgIpc) is 2.95. The van der Waals surface area contributed by atoms with Gasteiger partial charge in [-0.25, -0.2) is 14.5 Å². The molecule has 2 aromatic rings. The molecule has 0 saturated heterocycles. The number of nitrogens with zero attached hydrogens (tertiary/aromatic N) is 4. The van der Waals surface area contributed by atoms with Crippen molar-refractivity contribution in [1.82, 2.24) is 20.0 Å². The van der Waals surface area contributed by atoms with E-state index in [4.69, 9.17) is 5.11 Å². The Morgan fingerprint density at radius 3 is 2.55 bits per heavy atom. The molecule has 0 spiro atoms. The Balaban J connectivity index is 2.31. The predicted octanol–water partition coefficient (Wildman–Crippen LogP) is 2.73. The fourth-order valence-electron chi connectivity index (χ4n) is 1.97. The summed E-state index contributed by atoms with van der Waals surface area (Å²) in [6.45, 7) is 8.52. The molecule has 0 saturated carbocycles. The van der Waals surface area contributed by atoms with Crippen LogP contribution in [-0.4, -0.2) is 31.1 Å². The molecule has 0 aliphatic heterocycles. The standard InChI is InChI=1S/C13H18N4O2S/c1-7(2)11-10(13(18)19)15-16-17(11)5-9-6-20-12(14-9)8(3)4/h6-8H,5H2,1-4H3,(H,18,19). The third kappa shape index (κ3) is 2.87. The normalized spacial score (nSPS) is 11.5.